The molecule has 22 heavy (non-hydrogen) atoms. The van der Waals surface area contributed by atoms with Crippen molar-refractivity contribution < 1.29 is 18.1 Å². The van der Waals surface area contributed by atoms with Crippen LogP contribution in [0.1, 0.15) is 25.7 Å². The van der Waals surface area contributed by atoms with Crippen molar-refractivity contribution in [3.05, 3.63) is 33.3 Å². The lowest BCUT2D eigenvalue weighted by Gasteiger charge is -2.07. The Kier molecular flexibility index (Phi) is 6.34. The molecule has 0 aliphatic carbocycles. The van der Waals surface area contributed by atoms with Gasteiger partial charge in [0.05, 0.1) is 9.82 Å². The summed E-state index contributed by atoms with van der Waals surface area (Å²) in [6, 6.07) is 2.90. The first-order valence-corrected chi connectivity index (χ1v) is 8.07. The van der Waals surface area contributed by atoms with E-state index >= 15 is 0 Å². The third-order valence-electron chi connectivity index (χ3n) is 2.65. The van der Waals surface area contributed by atoms with Crippen LogP contribution in [-0.4, -0.2) is 19.2 Å². The van der Waals surface area contributed by atoms with Crippen LogP contribution < -0.4 is 4.72 Å². The molecule has 9 heteroatoms. The van der Waals surface area contributed by atoms with Crippen LogP contribution >= 0.6 is 11.6 Å². The zero-order valence-electron chi connectivity index (χ0n) is 11.4. The molecule has 0 atom stereocenters. The predicted molar refractivity (Wildman–Crippen MR) is 80.7 cm³/mol. The van der Waals surface area contributed by atoms with E-state index in [0.717, 1.165) is 18.2 Å². The van der Waals surface area contributed by atoms with Gasteiger partial charge in [-0.15, -0.1) is 12.3 Å². The highest BCUT2D eigenvalue weighted by Gasteiger charge is 2.21. The van der Waals surface area contributed by atoms with Gasteiger partial charge in [0.15, 0.2) is 0 Å². The molecule has 0 radical (unpaired) electrons. The second-order valence-electron chi connectivity index (χ2n) is 4.31. The maximum absolute atomic E-state index is 12.0. The molecule has 0 heterocycles. The Hall–Kier alpha value is -2.11. The molecule has 0 aliphatic rings. The second kappa shape index (κ2) is 7.77. The number of nitrogens with one attached hydrogen (secondary N) is 1. The van der Waals surface area contributed by atoms with Gasteiger partial charge in [-0.3, -0.25) is 14.9 Å². The van der Waals surface area contributed by atoms with Crippen molar-refractivity contribution in [2.24, 2.45) is 0 Å². The molecule has 0 aromatic heterocycles. The average molecular weight is 345 g/mol. The lowest BCUT2D eigenvalue weighted by Crippen LogP contribution is -2.30. The number of halogens is 1. The maximum atomic E-state index is 12.0. The van der Waals surface area contributed by atoms with E-state index in [1.807, 2.05) is 4.72 Å². The van der Waals surface area contributed by atoms with E-state index < -0.39 is 26.5 Å². The minimum Gasteiger partial charge on any atom is -0.274 e. The van der Waals surface area contributed by atoms with Crippen molar-refractivity contribution in [3.63, 3.8) is 0 Å². The molecule has 0 saturated heterocycles. The number of sulfonamides is 1. The molecule has 1 aromatic rings. The second-order valence-corrected chi connectivity index (χ2v) is 6.40. The van der Waals surface area contributed by atoms with E-state index in [4.69, 9.17) is 18.0 Å². The van der Waals surface area contributed by atoms with Gasteiger partial charge in [0.2, 0.25) is 5.91 Å². The number of terminal acetylenes is 1. The lowest BCUT2D eigenvalue weighted by molar-refractivity contribution is -0.384. The fourth-order valence-electron chi connectivity index (χ4n) is 1.58. The molecule has 0 saturated carbocycles. The monoisotopic (exact) mass is 344 g/mol. The van der Waals surface area contributed by atoms with Gasteiger partial charge in [-0.2, -0.15) is 0 Å². The number of nitro groups is 1. The summed E-state index contributed by atoms with van der Waals surface area (Å²) in [5.41, 5.74) is -0.416. The number of hydrogen-bond acceptors (Lipinski definition) is 5. The topological polar surface area (TPSA) is 106 Å². The molecular weight excluding hydrogens is 332 g/mol. The normalized spacial score (nSPS) is 10.7. The smallest absolute Gasteiger partial charge is 0.274 e. The van der Waals surface area contributed by atoms with Gasteiger partial charge in [0.1, 0.15) is 5.02 Å². The summed E-state index contributed by atoms with van der Waals surface area (Å²) in [7, 11) is -4.11. The molecule has 0 aliphatic heterocycles. The van der Waals surface area contributed by atoms with Gasteiger partial charge >= 0.3 is 0 Å². The number of nitrogens with zero attached hydrogens (tertiary/aromatic N) is 1. The number of nitro benzene ring substituents is 1. The van der Waals surface area contributed by atoms with E-state index in [0.29, 0.717) is 19.3 Å². The summed E-state index contributed by atoms with van der Waals surface area (Å²) >= 11 is 5.65. The van der Waals surface area contributed by atoms with E-state index in [9.17, 15) is 23.3 Å². The zero-order valence-corrected chi connectivity index (χ0v) is 13.0. The third kappa shape index (κ3) is 5.02. The average Bonchev–Trinajstić information content (AvgIpc) is 2.42. The largest absolute Gasteiger partial charge is 0.287 e. The minimum absolute atomic E-state index is 0.0155. The minimum atomic E-state index is -4.11. The summed E-state index contributed by atoms with van der Waals surface area (Å²) in [6.07, 6.45) is 6.67. The fraction of sp³-hybridized carbons (Fsp3) is 0.308. The Balaban J connectivity index is 2.78. The molecule has 1 rings (SSSR count). The molecule has 0 spiro atoms. The van der Waals surface area contributed by atoms with Crippen LogP contribution in [0, 0.1) is 22.5 Å². The third-order valence-corrected chi connectivity index (χ3v) is 4.32. The van der Waals surface area contributed by atoms with Gasteiger partial charge in [-0.05, 0) is 25.0 Å². The van der Waals surface area contributed by atoms with Crippen LogP contribution in [0.2, 0.25) is 5.02 Å². The molecule has 0 unspecified atom stereocenters. The Bertz CT molecular complexity index is 724. The highest BCUT2D eigenvalue weighted by molar-refractivity contribution is 7.90. The predicted octanol–water partition coefficient (Wildman–Crippen LogP) is 2.25. The van der Waals surface area contributed by atoms with Gasteiger partial charge < -0.3 is 0 Å². The Morgan fingerprint density at radius 3 is 2.64 bits per heavy atom. The number of rotatable bonds is 7. The highest BCUT2D eigenvalue weighted by Crippen LogP contribution is 2.26. The molecule has 1 amide bonds. The maximum Gasteiger partial charge on any atom is 0.287 e. The van der Waals surface area contributed by atoms with Crippen LogP contribution in [0.4, 0.5) is 5.69 Å². The van der Waals surface area contributed by atoms with Crippen LogP contribution in [-0.2, 0) is 14.8 Å². The van der Waals surface area contributed by atoms with E-state index in [1.165, 1.54) is 0 Å². The number of carbonyl (C=O) groups excluding carboxylic acids is 1. The van der Waals surface area contributed by atoms with Crippen LogP contribution in [0.15, 0.2) is 23.1 Å². The first-order valence-electron chi connectivity index (χ1n) is 6.21. The molecular formula is C13H13ClN2O5S. The number of carbonyl (C=O) groups is 1. The molecule has 118 valence electrons. The quantitative estimate of drug-likeness (QED) is 0.353. The van der Waals surface area contributed by atoms with Crippen LogP contribution in [0.25, 0.3) is 0 Å². The molecule has 7 nitrogen and oxygen atoms in total. The van der Waals surface area contributed by atoms with E-state index in [-0.39, 0.29) is 16.3 Å². The highest BCUT2D eigenvalue weighted by atomic mass is 35.5. The van der Waals surface area contributed by atoms with Gasteiger partial charge in [-0.25, -0.2) is 13.1 Å². The van der Waals surface area contributed by atoms with Crippen LogP contribution in [0.3, 0.4) is 0 Å². The van der Waals surface area contributed by atoms with Gasteiger partial charge in [-0.1, -0.05) is 11.6 Å². The summed E-state index contributed by atoms with van der Waals surface area (Å²) in [4.78, 5) is 21.1. The lowest BCUT2D eigenvalue weighted by atomic mass is 10.2. The first kappa shape index (κ1) is 17.9. The Labute approximate surface area is 132 Å². The standard InChI is InChI=1S/C13H13ClN2O5S/c1-2-3-4-5-6-13(17)15-22(20,21)10-7-8-12(16(18)19)11(14)9-10/h1,7-9H,3-6H2,(H,15,17). The molecule has 1 N–H and O–H groups in total. The van der Waals surface area contributed by atoms with Crippen molar-refractivity contribution in [2.75, 3.05) is 0 Å². The number of unbranched alkanes of at least 4 members (excludes halogenated alkanes) is 2. The number of benzene rings is 1. The van der Waals surface area contributed by atoms with Crippen molar-refractivity contribution in [3.8, 4) is 12.3 Å². The number of hydrogen-bond donors (Lipinski definition) is 1. The van der Waals surface area contributed by atoms with Crippen LogP contribution in [0.5, 0.6) is 0 Å². The van der Waals surface area contributed by atoms with Crippen molar-refractivity contribution >= 4 is 33.2 Å². The zero-order chi connectivity index (χ0) is 16.8. The summed E-state index contributed by atoms with van der Waals surface area (Å²) in [5, 5.41) is 10.3. The summed E-state index contributed by atoms with van der Waals surface area (Å²) in [5.74, 6) is 1.74. The SMILES string of the molecule is C#CCCCCC(=O)NS(=O)(=O)c1ccc([N+](=O)[O-])c(Cl)c1. The van der Waals surface area contributed by atoms with E-state index in [1.54, 1.807) is 0 Å². The summed E-state index contributed by atoms with van der Waals surface area (Å²) in [6.45, 7) is 0. The first-order chi connectivity index (χ1) is 10.3. The Morgan fingerprint density at radius 1 is 1.41 bits per heavy atom. The van der Waals surface area contributed by atoms with Gasteiger partial charge in [0.25, 0.3) is 15.7 Å². The summed E-state index contributed by atoms with van der Waals surface area (Å²) < 4.78 is 25.8. The molecule has 0 fully saturated rings. The van der Waals surface area contributed by atoms with Crippen molar-refractivity contribution in [1.82, 2.24) is 4.72 Å². The van der Waals surface area contributed by atoms with E-state index in [2.05, 4.69) is 5.92 Å². The fourth-order valence-corrected chi connectivity index (χ4v) is 2.93. The van der Waals surface area contributed by atoms with Gasteiger partial charge in [0, 0.05) is 18.9 Å². The van der Waals surface area contributed by atoms with Crippen molar-refractivity contribution in [2.45, 2.75) is 30.6 Å². The number of amides is 1. The molecule has 0 bridgehead atoms. The van der Waals surface area contributed by atoms with Crippen molar-refractivity contribution in [1.29, 1.82) is 0 Å². The molecule has 1 aromatic carbocycles. The Morgan fingerprint density at radius 2 is 2.09 bits per heavy atom.